The summed E-state index contributed by atoms with van der Waals surface area (Å²) < 4.78 is 10.9. The molecule has 0 N–H and O–H groups in total. The summed E-state index contributed by atoms with van der Waals surface area (Å²) in [4.78, 5) is 22.9. The Morgan fingerprint density at radius 1 is 1.22 bits per heavy atom. The van der Waals surface area contributed by atoms with Crippen LogP contribution in [0.3, 0.4) is 0 Å². The number of esters is 2. The summed E-state index contributed by atoms with van der Waals surface area (Å²) in [7, 11) is 0. The van der Waals surface area contributed by atoms with E-state index in [1.54, 1.807) is 6.92 Å². The molecule has 0 radical (unpaired) electrons. The number of rotatable bonds is 8. The molecule has 1 rings (SSSR count). The molecule has 1 aliphatic carbocycles. The van der Waals surface area contributed by atoms with Crippen molar-refractivity contribution in [2.24, 2.45) is 11.8 Å². The Kier molecular flexibility index (Phi) is 8.35. The minimum absolute atomic E-state index is 0.0479. The molecule has 4 nitrogen and oxygen atoms in total. The molecule has 0 aromatic rings. The molecule has 1 saturated carbocycles. The number of carbonyl (C=O) groups excluding carboxylic acids is 2. The van der Waals surface area contributed by atoms with Gasteiger partial charge in [-0.15, -0.1) is 0 Å². The zero-order valence-corrected chi connectivity index (χ0v) is 15.1. The van der Waals surface area contributed by atoms with E-state index in [4.69, 9.17) is 9.47 Å². The summed E-state index contributed by atoms with van der Waals surface area (Å²) in [6.07, 6.45) is 6.94. The second-order valence-corrected chi connectivity index (χ2v) is 7.28. The van der Waals surface area contributed by atoms with E-state index >= 15 is 0 Å². The van der Waals surface area contributed by atoms with Crippen molar-refractivity contribution < 1.29 is 19.1 Å². The highest BCUT2D eigenvalue weighted by Crippen LogP contribution is 2.31. The van der Waals surface area contributed by atoms with Crippen molar-refractivity contribution >= 4 is 11.9 Å². The summed E-state index contributed by atoms with van der Waals surface area (Å²) >= 11 is 0. The molecule has 3 unspecified atom stereocenters. The summed E-state index contributed by atoms with van der Waals surface area (Å²) in [5.41, 5.74) is 0.450. The van der Waals surface area contributed by atoms with Crippen molar-refractivity contribution in [1.82, 2.24) is 0 Å². The number of ether oxygens (including phenoxy) is 2. The lowest BCUT2D eigenvalue weighted by atomic mass is 9.83. The summed E-state index contributed by atoms with van der Waals surface area (Å²) in [6.45, 7) is 11.1. The molecule has 0 heterocycles. The molecule has 1 fully saturated rings. The van der Waals surface area contributed by atoms with Crippen LogP contribution < -0.4 is 0 Å². The van der Waals surface area contributed by atoms with E-state index in [0.717, 1.165) is 38.5 Å². The lowest BCUT2D eigenvalue weighted by Gasteiger charge is -2.30. The third kappa shape index (κ3) is 8.19. The highest BCUT2D eigenvalue weighted by molar-refractivity contribution is 5.87. The fraction of sp³-hybridized carbons (Fsp3) is 0.789. The molecule has 4 heteroatoms. The van der Waals surface area contributed by atoms with Gasteiger partial charge in [-0.1, -0.05) is 26.8 Å². The molecule has 0 aliphatic heterocycles. The Hall–Kier alpha value is -1.32. The molecule has 0 amide bonds. The monoisotopic (exact) mass is 324 g/mol. The fourth-order valence-electron chi connectivity index (χ4n) is 3.27. The first-order valence-electron chi connectivity index (χ1n) is 8.81. The Labute approximate surface area is 140 Å². The van der Waals surface area contributed by atoms with E-state index < -0.39 is 0 Å². The van der Waals surface area contributed by atoms with Gasteiger partial charge in [0.05, 0.1) is 0 Å². The van der Waals surface area contributed by atoms with Gasteiger partial charge in [0.1, 0.15) is 12.2 Å². The molecule has 0 saturated heterocycles. The van der Waals surface area contributed by atoms with Crippen molar-refractivity contribution in [3.63, 3.8) is 0 Å². The standard InChI is InChI=1S/C19H32O4/c1-13(2)11-18(23-19(21)14(3)4)10-9-16-7-6-8-17(12-16)22-15(5)20/h13,16-18H,3,6-12H2,1-2,4-5H3. The van der Waals surface area contributed by atoms with Gasteiger partial charge in [-0.05, 0) is 57.3 Å². The molecule has 132 valence electrons. The average molecular weight is 324 g/mol. The molecule has 0 spiro atoms. The van der Waals surface area contributed by atoms with Gasteiger partial charge in [0.25, 0.3) is 0 Å². The van der Waals surface area contributed by atoms with Crippen molar-refractivity contribution in [1.29, 1.82) is 0 Å². The molecule has 0 aromatic heterocycles. The SMILES string of the molecule is C=C(C)C(=O)OC(CCC1CCCC(OC(C)=O)C1)CC(C)C. The smallest absolute Gasteiger partial charge is 0.333 e. The van der Waals surface area contributed by atoms with Crippen LogP contribution in [0.2, 0.25) is 0 Å². The van der Waals surface area contributed by atoms with Gasteiger partial charge >= 0.3 is 11.9 Å². The first kappa shape index (κ1) is 19.7. The Balaban J connectivity index is 2.47. The second-order valence-electron chi connectivity index (χ2n) is 7.28. The third-order valence-corrected chi connectivity index (χ3v) is 4.32. The van der Waals surface area contributed by atoms with Crippen LogP contribution in [-0.2, 0) is 19.1 Å². The highest BCUT2D eigenvalue weighted by atomic mass is 16.5. The van der Waals surface area contributed by atoms with Crippen LogP contribution in [0.5, 0.6) is 0 Å². The van der Waals surface area contributed by atoms with Gasteiger partial charge in [0, 0.05) is 12.5 Å². The maximum absolute atomic E-state index is 11.8. The molecule has 0 aromatic carbocycles. The molecule has 23 heavy (non-hydrogen) atoms. The maximum atomic E-state index is 11.8. The first-order chi connectivity index (χ1) is 10.8. The van der Waals surface area contributed by atoms with E-state index in [0.29, 0.717) is 17.4 Å². The lowest BCUT2D eigenvalue weighted by molar-refractivity contribution is -0.149. The Morgan fingerprint density at radius 2 is 1.91 bits per heavy atom. The minimum atomic E-state index is -0.294. The highest BCUT2D eigenvalue weighted by Gasteiger charge is 2.25. The normalized spacial score (nSPS) is 22.5. The topological polar surface area (TPSA) is 52.6 Å². The van der Waals surface area contributed by atoms with Crippen molar-refractivity contribution in [3.05, 3.63) is 12.2 Å². The Bertz CT molecular complexity index is 414. The van der Waals surface area contributed by atoms with Crippen LogP contribution in [0.4, 0.5) is 0 Å². The third-order valence-electron chi connectivity index (χ3n) is 4.32. The van der Waals surface area contributed by atoms with Gasteiger partial charge < -0.3 is 9.47 Å². The predicted molar refractivity (Wildman–Crippen MR) is 90.9 cm³/mol. The number of hydrogen-bond donors (Lipinski definition) is 0. The summed E-state index contributed by atoms with van der Waals surface area (Å²) in [5, 5.41) is 0. The van der Waals surface area contributed by atoms with E-state index in [1.807, 2.05) is 0 Å². The van der Waals surface area contributed by atoms with E-state index in [-0.39, 0.29) is 24.1 Å². The largest absolute Gasteiger partial charge is 0.463 e. The zero-order chi connectivity index (χ0) is 17.4. The van der Waals surface area contributed by atoms with Crippen LogP contribution in [0.25, 0.3) is 0 Å². The van der Waals surface area contributed by atoms with Crippen molar-refractivity contribution in [2.75, 3.05) is 0 Å². The molecular weight excluding hydrogens is 292 g/mol. The van der Waals surface area contributed by atoms with Crippen LogP contribution in [0.15, 0.2) is 12.2 Å². The van der Waals surface area contributed by atoms with E-state index in [9.17, 15) is 9.59 Å². The fourth-order valence-corrected chi connectivity index (χ4v) is 3.27. The van der Waals surface area contributed by atoms with Crippen LogP contribution in [0.1, 0.15) is 72.6 Å². The molecular formula is C19H32O4. The van der Waals surface area contributed by atoms with Crippen LogP contribution in [-0.4, -0.2) is 24.1 Å². The van der Waals surface area contributed by atoms with E-state index in [1.165, 1.54) is 13.3 Å². The zero-order valence-electron chi connectivity index (χ0n) is 15.1. The van der Waals surface area contributed by atoms with Gasteiger partial charge in [-0.2, -0.15) is 0 Å². The van der Waals surface area contributed by atoms with Gasteiger partial charge in [0.15, 0.2) is 0 Å². The molecule has 1 aliphatic rings. The van der Waals surface area contributed by atoms with Gasteiger partial charge in [0.2, 0.25) is 0 Å². The lowest BCUT2D eigenvalue weighted by Crippen LogP contribution is -2.26. The maximum Gasteiger partial charge on any atom is 0.333 e. The van der Waals surface area contributed by atoms with Crippen LogP contribution >= 0.6 is 0 Å². The van der Waals surface area contributed by atoms with Crippen molar-refractivity contribution in [2.45, 2.75) is 84.8 Å². The Morgan fingerprint density at radius 3 is 2.48 bits per heavy atom. The quantitative estimate of drug-likeness (QED) is 0.490. The predicted octanol–water partition coefficient (Wildman–Crippen LogP) is 4.42. The average Bonchev–Trinajstić information content (AvgIpc) is 2.43. The summed E-state index contributed by atoms with van der Waals surface area (Å²) in [5.74, 6) is 0.546. The van der Waals surface area contributed by atoms with Crippen molar-refractivity contribution in [3.8, 4) is 0 Å². The van der Waals surface area contributed by atoms with Crippen LogP contribution in [0, 0.1) is 11.8 Å². The van der Waals surface area contributed by atoms with Gasteiger partial charge in [-0.25, -0.2) is 4.79 Å². The minimum Gasteiger partial charge on any atom is -0.463 e. The van der Waals surface area contributed by atoms with E-state index in [2.05, 4.69) is 20.4 Å². The summed E-state index contributed by atoms with van der Waals surface area (Å²) in [6, 6.07) is 0. The van der Waals surface area contributed by atoms with Gasteiger partial charge in [-0.3, -0.25) is 4.79 Å². The molecule has 0 bridgehead atoms. The molecule has 3 atom stereocenters. The first-order valence-corrected chi connectivity index (χ1v) is 8.81. The number of hydrogen-bond acceptors (Lipinski definition) is 4. The second kappa shape index (κ2) is 9.74. The number of carbonyl (C=O) groups is 2.